The molecule has 2 aliphatic rings. The summed E-state index contributed by atoms with van der Waals surface area (Å²) in [4.78, 5) is 21.0. The van der Waals surface area contributed by atoms with Crippen molar-refractivity contribution < 1.29 is 18.7 Å². The highest BCUT2D eigenvalue weighted by atomic mass is 32.1. The number of nitrogens with zero attached hydrogens (tertiary/aromatic N) is 3. The highest BCUT2D eigenvalue weighted by Crippen LogP contribution is 2.40. The van der Waals surface area contributed by atoms with Gasteiger partial charge in [-0.1, -0.05) is 18.2 Å². The van der Waals surface area contributed by atoms with Crippen molar-refractivity contribution in [3.05, 3.63) is 77.8 Å². The van der Waals surface area contributed by atoms with E-state index < -0.39 is 0 Å². The zero-order chi connectivity index (χ0) is 24.2. The van der Waals surface area contributed by atoms with Gasteiger partial charge in [0, 0.05) is 37.9 Å². The standard InChI is InChI=1S/C26H28N4O4S/c1-32-25(31)19-7-5-18(6-8-19)21-9-10-22(34-21)24-23(20-4-2-3-11-27-20)28-26(35)30(24)13-12-29-14-16-33-17-15-29/h2-11,23-24H,12-17H2,1H3,(H,28,35). The lowest BCUT2D eigenvalue weighted by atomic mass is 10.0. The van der Waals surface area contributed by atoms with Gasteiger partial charge in [-0.3, -0.25) is 9.88 Å². The third kappa shape index (κ3) is 5.07. The monoisotopic (exact) mass is 492 g/mol. The number of aromatic nitrogens is 1. The van der Waals surface area contributed by atoms with Gasteiger partial charge in [0.25, 0.3) is 0 Å². The van der Waals surface area contributed by atoms with E-state index in [9.17, 15) is 4.79 Å². The molecular formula is C26H28N4O4S. The van der Waals surface area contributed by atoms with Crippen LogP contribution in [0.5, 0.6) is 0 Å². The Bertz CT molecular complexity index is 1160. The minimum atomic E-state index is -0.365. The van der Waals surface area contributed by atoms with Gasteiger partial charge in [0.2, 0.25) is 0 Å². The number of pyridine rings is 1. The summed E-state index contributed by atoms with van der Waals surface area (Å²) in [7, 11) is 1.37. The first-order chi connectivity index (χ1) is 17.1. The number of carbonyl (C=O) groups excluding carboxylic acids is 1. The highest BCUT2D eigenvalue weighted by molar-refractivity contribution is 7.80. The van der Waals surface area contributed by atoms with E-state index in [1.807, 2.05) is 42.5 Å². The average molecular weight is 493 g/mol. The van der Waals surface area contributed by atoms with Crippen LogP contribution in [-0.4, -0.2) is 72.4 Å². The van der Waals surface area contributed by atoms with Crippen LogP contribution in [0.15, 0.2) is 65.2 Å². The Hall–Kier alpha value is -3.27. The van der Waals surface area contributed by atoms with E-state index in [-0.39, 0.29) is 18.1 Å². The van der Waals surface area contributed by atoms with Crippen LogP contribution >= 0.6 is 12.2 Å². The molecule has 0 spiro atoms. The molecule has 0 amide bonds. The molecule has 0 radical (unpaired) electrons. The van der Waals surface area contributed by atoms with Crippen molar-refractivity contribution in [1.82, 2.24) is 20.1 Å². The molecular weight excluding hydrogens is 464 g/mol. The van der Waals surface area contributed by atoms with E-state index >= 15 is 0 Å². The van der Waals surface area contributed by atoms with Gasteiger partial charge >= 0.3 is 5.97 Å². The van der Waals surface area contributed by atoms with Gasteiger partial charge in [-0.2, -0.15) is 0 Å². The third-order valence-electron chi connectivity index (χ3n) is 6.47. The molecule has 2 aliphatic heterocycles. The van der Waals surface area contributed by atoms with Crippen molar-refractivity contribution in [2.45, 2.75) is 12.1 Å². The molecule has 35 heavy (non-hydrogen) atoms. The number of carbonyl (C=O) groups is 1. The Morgan fingerprint density at radius 1 is 1.11 bits per heavy atom. The fourth-order valence-electron chi connectivity index (χ4n) is 4.58. The molecule has 1 N–H and O–H groups in total. The van der Waals surface area contributed by atoms with Crippen LogP contribution in [0.2, 0.25) is 0 Å². The maximum Gasteiger partial charge on any atom is 0.337 e. The largest absolute Gasteiger partial charge is 0.465 e. The smallest absolute Gasteiger partial charge is 0.337 e. The number of morpholine rings is 1. The van der Waals surface area contributed by atoms with E-state index in [4.69, 9.17) is 26.1 Å². The summed E-state index contributed by atoms with van der Waals surface area (Å²) < 4.78 is 16.7. The number of rotatable bonds is 7. The van der Waals surface area contributed by atoms with Gasteiger partial charge in [0.1, 0.15) is 17.6 Å². The number of esters is 1. The van der Waals surface area contributed by atoms with E-state index in [1.165, 1.54) is 7.11 Å². The maximum absolute atomic E-state index is 11.8. The highest BCUT2D eigenvalue weighted by Gasteiger charge is 2.41. The number of ether oxygens (including phenoxy) is 2. The fourth-order valence-corrected chi connectivity index (χ4v) is 4.92. The first-order valence-corrected chi connectivity index (χ1v) is 12.1. The third-order valence-corrected chi connectivity index (χ3v) is 6.82. The van der Waals surface area contributed by atoms with Gasteiger partial charge in [-0.15, -0.1) is 0 Å². The zero-order valence-electron chi connectivity index (χ0n) is 19.6. The molecule has 2 aromatic heterocycles. The molecule has 0 saturated carbocycles. The lowest BCUT2D eigenvalue weighted by molar-refractivity contribution is 0.0347. The topological polar surface area (TPSA) is 80.1 Å². The minimum absolute atomic E-state index is 0.130. The van der Waals surface area contributed by atoms with Crippen LogP contribution in [0, 0.1) is 0 Å². The SMILES string of the molecule is COC(=O)c1ccc(-c2ccc(C3C(c4ccccn4)NC(=S)N3CCN3CCOCC3)o2)cc1. The van der Waals surface area contributed by atoms with Crippen LogP contribution in [0.25, 0.3) is 11.3 Å². The van der Waals surface area contributed by atoms with E-state index in [0.717, 1.165) is 62.2 Å². The normalized spacial score (nSPS) is 20.6. The molecule has 2 atom stereocenters. The van der Waals surface area contributed by atoms with Crippen molar-refractivity contribution >= 4 is 23.3 Å². The lowest BCUT2D eigenvalue weighted by Gasteiger charge is -2.31. The second-order valence-corrected chi connectivity index (χ2v) is 8.93. The number of thiocarbonyl (C=S) groups is 1. The van der Waals surface area contributed by atoms with E-state index in [0.29, 0.717) is 10.7 Å². The summed E-state index contributed by atoms with van der Waals surface area (Å²) in [5.74, 6) is 1.17. The molecule has 0 aliphatic carbocycles. The Morgan fingerprint density at radius 2 is 1.91 bits per heavy atom. The lowest BCUT2D eigenvalue weighted by Crippen LogP contribution is -2.42. The van der Waals surface area contributed by atoms with Crippen LogP contribution < -0.4 is 5.32 Å². The molecule has 4 heterocycles. The summed E-state index contributed by atoms with van der Waals surface area (Å²) in [6.07, 6.45) is 1.80. The molecule has 1 aromatic carbocycles. The van der Waals surface area contributed by atoms with Crippen LogP contribution in [0.3, 0.4) is 0 Å². The molecule has 5 rings (SSSR count). The molecule has 9 heteroatoms. The van der Waals surface area contributed by atoms with Crippen molar-refractivity contribution in [3.8, 4) is 11.3 Å². The molecule has 0 bridgehead atoms. The van der Waals surface area contributed by atoms with Gasteiger partial charge in [-0.25, -0.2) is 4.79 Å². The molecule has 182 valence electrons. The summed E-state index contributed by atoms with van der Waals surface area (Å²) in [6, 6.07) is 16.8. The summed E-state index contributed by atoms with van der Waals surface area (Å²) in [6.45, 7) is 5.03. The Labute approximate surface area is 209 Å². The quantitative estimate of drug-likeness (QED) is 0.394. The summed E-state index contributed by atoms with van der Waals surface area (Å²) in [5.41, 5.74) is 2.29. The Morgan fingerprint density at radius 3 is 2.63 bits per heavy atom. The number of hydrogen-bond acceptors (Lipinski definition) is 7. The molecule has 3 aromatic rings. The minimum Gasteiger partial charge on any atom is -0.465 e. The number of benzene rings is 1. The van der Waals surface area contributed by atoms with Gasteiger partial charge in [0.05, 0.1) is 37.6 Å². The predicted molar refractivity (Wildman–Crippen MR) is 135 cm³/mol. The zero-order valence-corrected chi connectivity index (χ0v) is 20.4. The van der Waals surface area contributed by atoms with Crippen LogP contribution in [0.4, 0.5) is 0 Å². The number of methoxy groups -OCH3 is 1. The first-order valence-electron chi connectivity index (χ1n) is 11.7. The summed E-state index contributed by atoms with van der Waals surface area (Å²) in [5, 5.41) is 4.17. The fraction of sp³-hybridized carbons (Fsp3) is 0.346. The Kier molecular flexibility index (Phi) is 7.08. The van der Waals surface area contributed by atoms with Crippen LogP contribution in [0.1, 0.15) is 33.9 Å². The number of hydrogen-bond donors (Lipinski definition) is 1. The number of furan rings is 1. The van der Waals surface area contributed by atoms with E-state index in [2.05, 4.69) is 20.1 Å². The first kappa shape index (κ1) is 23.5. The van der Waals surface area contributed by atoms with Gasteiger partial charge in [0.15, 0.2) is 5.11 Å². The second kappa shape index (κ2) is 10.6. The predicted octanol–water partition coefficient (Wildman–Crippen LogP) is 3.43. The van der Waals surface area contributed by atoms with Crippen molar-refractivity contribution in [2.75, 3.05) is 46.5 Å². The van der Waals surface area contributed by atoms with Gasteiger partial charge in [-0.05, 0) is 48.6 Å². The average Bonchev–Trinajstić information content (AvgIpc) is 3.52. The second-order valence-electron chi connectivity index (χ2n) is 8.54. The molecule has 8 nitrogen and oxygen atoms in total. The Balaban J connectivity index is 1.41. The number of nitrogens with one attached hydrogen (secondary N) is 1. The molecule has 2 fully saturated rings. The van der Waals surface area contributed by atoms with Gasteiger partial charge < -0.3 is 24.1 Å². The maximum atomic E-state index is 11.8. The van der Waals surface area contributed by atoms with Crippen molar-refractivity contribution in [2.24, 2.45) is 0 Å². The van der Waals surface area contributed by atoms with Crippen molar-refractivity contribution in [1.29, 1.82) is 0 Å². The van der Waals surface area contributed by atoms with Crippen LogP contribution in [-0.2, 0) is 9.47 Å². The van der Waals surface area contributed by atoms with Crippen molar-refractivity contribution in [3.63, 3.8) is 0 Å². The summed E-state index contributed by atoms with van der Waals surface area (Å²) >= 11 is 5.77. The van der Waals surface area contributed by atoms with E-state index in [1.54, 1.807) is 18.3 Å². The molecule has 2 unspecified atom stereocenters. The molecule has 2 saturated heterocycles.